The number of carbonyl (C=O) groups excluding carboxylic acids is 2. The van der Waals surface area contributed by atoms with E-state index in [0.717, 1.165) is 10.6 Å². The van der Waals surface area contributed by atoms with Gasteiger partial charge in [0.25, 0.3) is 5.91 Å². The van der Waals surface area contributed by atoms with Gasteiger partial charge in [-0.25, -0.2) is 4.79 Å². The van der Waals surface area contributed by atoms with Crippen LogP contribution in [0, 0.1) is 0 Å². The van der Waals surface area contributed by atoms with Gasteiger partial charge in [0.1, 0.15) is 5.54 Å². The Morgan fingerprint density at radius 3 is 2.52 bits per heavy atom. The average Bonchev–Trinajstić information content (AvgIpc) is 2.86. The number of nitrogens with zero attached hydrogens (tertiary/aromatic N) is 2. The Morgan fingerprint density at radius 2 is 1.88 bits per heavy atom. The van der Waals surface area contributed by atoms with Gasteiger partial charge in [-0.15, -0.1) is 5.01 Å². The largest absolute Gasteiger partial charge is 0.346 e. The molecule has 1 saturated heterocycles. The van der Waals surface area contributed by atoms with Crippen molar-refractivity contribution in [1.29, 1.82) is 0 Å². The summed E-state index contributed by atoms with van der Waals surface area (Å²) in [6, 6.07) is 13.4. The van der Waals surface area contributed by atoms with Crippen molar-refractivity contribution in [1.82, 2.24) is 10.3 Å². The van der Waals surface area contributed by atoms with E-state index in [1.54, 1.807) is 18.2 Å². The number of nitrogens with one attached hydrogen (secondary N) is 1. The summed E-state index contributed by atoms with van der Waals surface area (Å²) in [6.07, 6.45) is 1.78. The highest BCUT2D eigenvalue weighted by atomic mass is 35.5. The number of imide groups is 1. The topological polar surface area (TPSA) is 61.8 Å². The Kier molecular flexibility index (Phi) is 4.79. The van der Waals surface area contributed by atoms with E-state index in [0.29, 0.717) is 22.0 Å². The van der Waals surface area contributed by atoms with Crippen LogP contribution in [0.2, 0.25) is 10.0 Å². The van der Waals surface area contributed by atoms with Gasteiger partial charge in [-0.05, 0) is 24.1 Å². The number of rotatable bonds is 4. The van der Waals surface area contributed by atoms with Gasteiger partial charge in [0.2, 0.25) is 0 Å². The lowest BCUT2D eigenvalue weighted by Gasteiger charge is -2.24. The molecule has 25 heavy (non-hydrogen) atoms. The van der Waals surface area contributed by atoms with Crippen LogP contribution in [0.1, 0.15) is 24.5 Å². The van der Waals surface area contributed by atoms with Crippen molar-refractivity contribution in [2.24, 2.45) is 5.10 Å². The standard InChI is InChI=1S/C18H15Cl2N3O2/c1-2-18(13-6-4-3-5-7-13)16(24)23(17(25)22-18)21-11-12-8-9-14(19)10-15(12)20/h3-11H,2H2,1H3,(H,22,25)/b21-11-/t18-/m1/s1. The van der Waals surface area contributed by atoms with Crippen molar-refractivity contribution in [2.45, 2.75) is 18.9 Å². The van der Waals surface area contributed by atoms with E-state index in [-0.39, 0.29) is 0 Å². The zero-order valence-electron chi connectivity index (χ0n) is 13.4. The molecule has 2 aromatic carbocycles. The number of halogens is 2. The number of urea groups is 1. The first-order valence-corrected chi connectivity index (χ1v) is 8.45. The molecule has 3 rings (SSSR count). The quantitative estimate of drug-likeness (QED) is 0.643. The molecular formula is C18H15Cl2N3O2. The number of benzene rings is 2. The van der Waals surface area contributed by atoms with Crippen LogP contribution in [-0.2, 0) is 10.3 Å². The fraction of sp³-hybridized carbons (Fsp3) is 0.167. The third kappa shape index (κ3) is 3.13. The molecule has 1 aliphatic rings. The molecule has 0 saturated carbocycles. The van der Waals surface area contributed by atoms with Gasteiger partial charge >= 0.3 is 6.03 Å². The minimum Gasteiger partial charge on any atom is -0.318 e. The molecule has 1 atom stereocenters. The van der Waals surface area contributed by atoms with Gasteiger partial charge in [-0.3, -0.25) is 4.79 Å². The van der Waals surface area contributed by atoms with Crippen molar-refractivity contribution in [3.05, 3.63) is 69.7 Å². The summed E-state index contributed by atoms with van der Waals surface area (Å²) in [5.74, 6) is -0.424. The van der Waals surface area contributed by atoms with Gasteiger partial charge in [0.15, 0.2) is 0 Å². The molecule has 0 spiro atoms. The predicted molar refractivity (Wildman–Crippen MR) is 97.8 cm³/mol. The molecule has 0 aliphatic carbocycles. The van der Waals surface area contributed by atoms with E-state index in [4.69, 9.17) is 23.2 Å². The second-order valence-electron chi connectivity index (χ2n) is 5.58. The van der Waals surface area contributed by atoms with Gasteiger partial charge in [0.05, 0.1) is 11.2 Å². The first kappa shape index (κ1) is 17.5. The fourth-order valence-electron chi connectivity index (χ4n) is 2.76. The van der Waals surface area contributed by atoms with Gasteiger partial charge in [0, 0.05) is 10.6 Å². The third-order valence-corrected chi connectivity index (χ3v) is 4.70. The van der Waals surface area contributed by atoms with Gasteiger partial charge < -0.3 is 5.32 Å². The maximum atomic E-state index is 12.9. The highest BCUT2D eigenvalue weighted by molar-refractivity contribution is 6.36. The van der Waals surface area contributed by atoms with Crippen molar-refractivity contribution in [3.8, 4) is 0 Å². The Bertz CT molecular complexity index is 855. The highest BCUT2D eigenvalue weighted by Gasteiger charge is 2.51. The van der Waals surface area contributed by atoms with E-state index in [1.165, 1.54) is 6.21 Å². The van der Waals surface area contributed by atoms with Crippen molar-refractivity contribution in [2.75, 3.05) is 0 Å². The van der Waals surface area contributed by atoms with Crippen LogP contribution in [0.3, 0.4) is 0 Å². The molecule has 1 fully saturated rings. The molecule has 0 aromatic heterocycles. The minimum atomic E-state index is -1.11. The summed E-state index contributed by atoms with van der Waals surface area (Å²) in [6.45, 7) is 1.84. The minimum absolute atomic E-state index is 0.383. The molecule has 2 aromatic rings. The van der Waals surface area contributed by atoms with Gasteiger partial charge in [-0.2, -0.15) is 5.10 Å². The molecule has 1 aliphatic heterocycles. The molecule has 1 heterocycles. The van der Waals surface area contributed by atoms with Crippen molar-refractivity contribution >= 4 is 41.4 Å². The summed E-state index contributed by atoms with van der Waals surface area (Å²) < 4.78 is 0. The maximum absolute atomic E-state index is 12.9. The van der Waals surface area contributed by atoms with E-state index in [1.807, 2.05) is 37.3 Å². The highest BCUT2D eigenvalue weighted by Crippen LogP contribution is 2.32. The zero-order chi connectivity index (χ0) is 18.0. The third-order valence-electron chi connectivity index (χ3n) is 4.14. The summed E-state index contributed by atoms with van der Waals surface area (Å²) in [5.41, 5.74) is 0.165. The average molecular weight is 376 g/mol. The number of hydrogen-bond donors (Lipinski definition) is 1. The molecule has 0 radical (unpaired) electrons. The lowest BCUT2D eigenvalue weighted by molar-refractivity contribution is -0.131. The Labute approximate surface area is 155 Å². The lowest BCUT2D eigenvalue weighted by Crippen LogP contribution is -2.43. The summed E-state index contributed by atoms with van der Waals surface area (Å²) >= 11 is 11.9. The molecule has 0 unspecified atom stereocenters. The first-order valence-electron chi connectivity index (χ1n) is 7.69. The fourth-order valence-corrected chi connectivity index (χ4v) is 3.21. The van der Waals surface area contributed by atoms with E-state index >= 15 is 0 Å². The van der Waals surface area contributed by atoms with E-state index in [2.05, 4.69) is 10.4 Å². The summed E-state index contributed by atoms with van der Waals surface area (Å²) in [5, 5.41) is 8.51. The number of hydrogen-bond acceptors (Lipinski definition) is 3. The Morgan fingerprint density at radius 1 is 1.16 bits per heavy atom. The number of hydrazone groups is 1. The smallest absolute Gasteiger partial charge is 0.318 e. The number of amides is 3. The van der Waals surface area contributed by atoms with E-state index < -0.39 is 17.5 Å². The molecule has 0 bridgehead atoms. The van der Waals surface area contributed by atoms with Crippen molar-refractivity contribution in [3.63, 3.8) is 0 Å². The van der Waals surface area contributed by atoms with E-state index in [9.17, 15) is 9.59 Å². The van der Waals surface area contributed by atoms with Crippen LogP contribution < -0.4 is 5.32 Å². The summed E-state index contributed by atoms with van der Waals surface area (Å²) in [7, 11) is 0. The Hall–Kier alpha value is -2.37. The molecule has 5 nitrogen and oxygen atoms in total. The molecule has 7 heteroatoms. The predicted octanol–water partition coefficient (Wildman–Crippen LogP) is 4.18. The summed E-state index contributed by atoms with van der Waals surface area (Å²) in [4.78, 5) is 25.2. The van der Waals surface area contributed by atoms with Crippen molar-refractivity contribution < 1.29 is 9.59 Å². The maximum Gasteiger partial charge on any atom is 0.346 e. The van der Waals surface area contributed by atoms with Crippen LogP contribution in [-0.4, -0.2) is 23.2 Å². The van der Waals surface area contributed by atoms with Gasteiger partial charge in [-0.1, -0.05) is 66.5 Å². The SMILES string of the molecule is CC[C@]1(c2ccccc2)NC(=O)N(/N=C\c2ccc(Cl)cc2Cl)C1=O. The lowest BCUT2D eigenvalue weighted by atomic mass is 9.87. The van der Waals surface area contributed by atoms with Crippen LogP contribution in [0.4, 0.5) is 4.79 Å². The van der Waals surface area contributed by atoms with Crippen LogP contribution in [0.5, 0.6) is 0 Å². The van der Waals surface area contributed by atoms with Crippen LogP contribution >= 0.6 is 23.2 Å². The monoisotopic (exact) mass is 375 g/mol. The molecular weight excluding hydrogens is 361 g/mol. The molecule has 3 amide bonds. The second kappa shape index (κ2) is 6.86. The Balaban J connectivity index is 1.92. The molecule has 128 valence electrons. The number of carbonyl (C=O) groups is 2. The first-order chi connectivity index (χ1) is 12.0. The normalized spacial score (nSPS) is 20.4. The second-order valence-corrected chi connectivity index (χ2v) is 6.43. The zero-order valence-corrected chi connectivity index (χ0v) is 14.9. The van der Waals surface area contributed by atoms with Crippen LogP contribution in [0.25, 0.3) is 0 Å². The molecule has 1 N–H and O–H groups in total. The van der Waals surface area contributed by atoms with Crippen LogP contribution in [0.15, 0.2) is 53.6 Å².